The number of hydrogen-bond acceptors (Lipinski definition) is 0. The van der Waals surface area contributed by atoms with Crippen molar-refractivity contribution in [3.8, 4) is 0 Å². The Labute approximate surface area is 109 Å². The average Bonchev–Trinajstić information content (AvgIpc) is 2.48. The predicted molar refractivity (Wildman–Crippen MR) is 71.5 cm³/mol. The van der Waals surface area contributed by atoms with Gasteiger partial charge in [-0.25, -0.2) is 0 Å². The van der Waals surface area contributed by atoms with Crippen molar-refractivity contribution >= 4 is 0 Å². The third-order valence-electron chi connectivity index (χ3n) is 4.19. The van der Waals surface area contributed by atoms with Crippen LogP contribution in [0.1, 0.15) is 91.7 Å². The largest absolute Gasteiger partial charge is 0.0599 e. The lowest BCUT2D eigenvalue weighted by atomic mass is 9.62. The van der Waals surface area contributed by atoms with Gasteiger partial charge in [0.1, 0.15) is 0 Å². The van der Waals surface area contributed by atoms with Gasteiger partial charge in [-0.1, -0.05) is 46.5 Å². The molecule has 0 radical (unpaired) electrons. The van der Waals surface area contributed by atoms with Crippen molar-refractivity contribution in [3.63, 3.8) is 0 Å². The Hall–Kier alpha value is 0. The van der Waals surface area contributed by atoms with Crippen LogP contribution in [0.3, 0.4) is 0 Å². The minimum Gasteiger partial charge on any atom is -0.0599 e. The Morgan fingerprint density at radius 1 is 0.938 bits per heavy atom. The minimum absolute atomic E-state index is 0.237. The van der Waals surface area contributed by atoms with E-state index in [0.717, 1.165) is 25.7 Å². The van der Waals surface area contributed by atoms with E-state index in [-0.39, 0.29) is 5.41 Å². The zero-order valence-corrected chi connectivity index (χ0v) is 11.2. The second-order valence-electron chi connectivity index (χ2n) is 6.75. The predicted octanol–water partition coefficient (Wildman–Crippen LogP) is 5.56. The lowest BCUT2D eigenvalue weighted by molar-refractivity contribution is 0.0753. The first-order valence-corrected chi connectivity index (χ1v) is 6.87. The van der Waals surface area contributed by atoms with Crippen LogP contribution in [0.2, 0.25) is 0 Å². The Kier molecular flexibility index (Phi) is 2.19. The van der Waals surface area contributed by atoms with E-state index in [9.17, 15) is 0 Å². The van der Waals surface area contributed by atoms with Crippen molar-refractivity contribution in [3.05, 3.63) is 0 Å². The fourth-order valence-electron chi connectivity index (χ4n) is 3.04. The molecule has 0 N–H and O–H groups in total. The van der Waals surface area contributed by atoms with Gasteiger partial charge in [0, 0.05) is 6.85 Å². The summed E-state index contributed by atoms with van der Waals surface area (Å²) >= 11 is 0. The molecule has 2 rings (SSSR count). The van der Waals surface area contributed by atoms with Gasteiger partial charge in [-0.2, -0.15) is 0 Å². The van der Waals surface area contributed by atoms with Gasteiger partial charge in [0.15, 0.2) is 0 Å². The molecule has 0 aliphatic heterocycles. The molecule has 0 saturated heterocycles. The molecule has 2 fully saturated rings. The average molecular weight is 227 g/mol. The lowest BCUT2D eigenvalue weighted by Gasteiger charge is -2.44. The number of rotatable bonds is 0. The van der Waals surface area contributed by atoms with E-state index in [1.54, 1.807) is 20.8 Å². The van der Waals surface area contributed by atoms with Crippen molar-refractivity contribution < 1.29 is 6.85 Å². The van der Waals surface area contributed by atoms with Crippen LogP contribution < -0.4 is 0 Å². The van der Waals surface area contributed by atoms with Crippen molar-refractivity contribution in [2.75, 3.05) is 0 Å². The molecule has 16 heavy (non-hydrogen) atoms. The number of hydrogen-bond donors (Lipinski definition) is 0. The molecular formula is C16H30. The topological polar surface area (TPSA) is 0 Å². The standard InChI is InChI=1S/C16H30/c1-15(2,3)14-8-12-16(13-9-14)10-6-4-5-7-11-16/h14H,4-13H2,1-3H3/i8D2,9D2,14D. The molecule has 0 atom stereocenters. The van der Waals surface area contributed by atoms with Gasteiger partial charge >= 0.3 is 0 Å². The van der Waals surface area contributed by atoms with E-state index in [0.29, 0.717) is 12.8 Å². The lowest BCUT2D eigenvalue weighted by Crippen LogP contribution is -2.32. The summed E-state index contributed by atoms with van der Waals surface area (Å²) in [7, 11) is 0. The highest BCUT2D eigenvalue weighted by molar-refractivity contribution is 4.89. The summed E-state index contributed by atoms with van der Waals surface area (Å²) < 4.78 is 43.0. The second kappa shape index (κ2) is 4.70. The molecule has 0 aromatic rings. The normalized spacial score (nSPS) is 40.8. The molecule has 0 bridgehead atoms. The van der Waals surface area contributed by atoms with E-state index < -0.39 is 24.1 Å². The fourth-order valence-corrected chi connectivity index (χ4v) is 3.04. The summed E-state index contributed by atoms with van der Waals surface area (Å²) in [6.45, 7) is 5.42. The quantitative estimate of drug-likeness (QED) is 0.508. The first-order valence-electron chi connectivity index (χ1n) is 9.37. The minimum atomic E-state index is -1.79. The molecule has 0 heterocycles. The van der Waals surface area contributed by atoms with E-state index in [2.05, 4.69) is 0 Å². The summed E-state index contributed by atoms with van der Waals surface area (Å²) in [5.74, 6) is -1.70. The van der Waals surface area contributed by atoms with Gasteiger partial charge in [0.25, 0.3) is 0 Å². The van der Waals surface area contributed by atoms with Gasteiger partial charge in [-0.15, -0.1) is 0 Å². The Morgan fingerprint density at radius 3 is 1.88 bits per heavy atom. The first-order chi connectivity index (χ1) is 9.37. The van der Waals surface area contributed by atoms with E-state index in [4.69, 9.17) is 6.85 Å². The zero-order chi connectivity index (χ0) is 16.2. The SMILES string of the molecule is [2H]C1([2H])CC2(CCCCCC2)CC([2H])([2H])C1([2H])C(C)(C)C. The maximum Gasteiger partial charge on any atom is 0.0308 e. The van der Waals surface area contributed by atoms with Gasteiger partial charge in [-0.05, 0) is 55.2 Å². The van der Waals surface area contributed by atoms with E-state index in [1.165, 1.54) is 12.8 Å². The van der Waals surface area contributed by atoms with Crippen LogP contribution >= 0.6 is 0 Å². The molecule has 2 aliphatic carbocycles. The van der Waals surface area contributed by atoms with E-state index >= 15 is 0 Å². The van der Waals surface area contributed by atoms with Gasteiger partial charge in [0.05, 0.1) is 0 Å². The molecule has 0 nitrogen and oxygen atoms in total. The van der Waals surface area contributed by atoms with Crippen LogP contribution in [0.5, 0.6) is 0 Å². The van der Waals surface area contributed by atoms with Crippen molar-refractivity contribution in [1.29, 1.82) is 0 Å². The fraction of sp³-hybridized carbons (Fsp3) is 1.00. The smallest absolute Gasteiger partial charge is 0.0308 e. The Bertz CT molecular complexity index is 366. The van der Waals surface area contributed by atoms with E-state index in [1.807, 2.05) is 0 Å². The van der Waals surface area contributed by atoms with Gasteiger partial charge in [0.2, 0.25) is 0 Å². The Balaban J connectivity index is 2.44. The zero-order valence-electron chi connectivity index (χ0n) is 16.2. The third kappa shape index (κ3) is 2.81. The highest BCUT2D eigenvalue weighted by atomic mass is 14.4. The summed E-state index contributed by atoms with van der Waals surface area (Å²) in [6, 6.07) is 0. The van der Waals surface area contributed by atoms with Crippen LogP contribution in [0.4, 0.5) is 0 Å². The molecule has 0 heteroatoms. The summed E-state index contributed by atoms with van der Waals surface area (Å²) in [4.78, 5) is 0. The van der Waals surface area contributed by atoms with Gasteiger partial charge < -0.3 is 0 Å². The summed E-state index contributed by atoms with van der Waals surface area (Å²) in [6.07, 6.45) is 3.46. The van der Waals surface area contributed by atoms with Crippen LogP contribution in [0.25, 0.3) is 0 Å². The molecule has 0 aromatic heterocycles. The van der Waals surface area contributed by atoms with Crippen molar-refractivity contribution in [2.24, 2.45) is 16.7 Å². The maximum atomic E-state index is 8.78. The molecule has 0 aromatic carbocycles. The van der Waals surface area contributed by atoms with Crippen molar-refractivity contribution in [2.45, 2.75) is 84.9 Å². The summed E-state index contributed by atoms with van der Waals surface area (Å²) in [5.41, 5.74) is -0.967. The van der Waals surface area contributed by atoms with Crippen molar-refractivity contribution in [1.82, 2.24) is 0 Å². The monoisotopic (exact) mass is 227 g/mol. The molecule has 1 spiro atoms. The first kappa shape index (κ1) is 7.44. The molecule has 0 unspecified atom stereocenters. The highest BCUT2D eigenvalue weighted by Crippen LogP contribution is 2.51. The van der Waals surface area contributed by atoms with Gasteiger partial charge in [-0.3, -0.25) is 0 Å². The maximum absolute atomic E-state index is 8.78. The molecular weight excluding hydrogens is 192 g/mol. The van der Waals surface area contributed by atoms with Crippen LogP contribution in [-0.4, -0.2) is 0 Å². The van der Waals surface area contributed by atoms with Crippen LogP contribution in [0, 0.1) is 16.7 Å². The second-order valence-corrected chi connectivity index (χ2v) is 6.75. The molecule has 94 valence electrons. The van der Waals surface area contributed by atoms with Crippen LogP contribution in [-0.2, 0) is 0 Å². The highest BCUT2D eigenvalue weighted by Gasteiger charge is 2.38. The Morgan fingerprint density at radius 2 is 1.44 bits per heavy atom. The molecule has 2 aliphatic rings. The van der Waals surface area contributed by atoms with Crippen LogP contribution in [0.15, 0.2) is 0 Å². The third-order valence-corrected chi connectivity index (χ3v) is 4.19. The molecule has 2 saturated carbocycles. The molecule has 0 amide bonds. The summed E-state index contributed by atoms with van der Waals surface area (Å²) in [5, 5.41) is 0.